The molecular weight excluding hydrogens is 250 g/mol. The van der Waals surface area contributed by atoms with Crippen LogP contribution in [0.4, 0.5) is 0 Å². The van der Waals surface area contributed by atoms with Gasteiger partial charge in [-0.15, -0.1) is 0 Å². The number of carbonyl (C=O) groups excluding carboxylic acids is 2. The molecule has 0 radical (unpaired) electrons. The van der Waals surface area contributed by atoms with E-state index < -0.39 is 0 Å². The third kappa shape index (κ3) is 6.88. The number of unbranched alkanes of at least 4 members (excludes halogenated alkanes) is 1. The fourth-order valence-corrected chi connectivity index (χ4v) is 2.00. The van der Waals surface area contributed by atoms with Gasteiger partial charge in [-0.25, -0.2) is 0 Å². The van der Waals surface area contributed by atoms with Gasteiger partial charge in [0.05, 0.1) is 6.04 Å². The lowest BCUT2D eigenvalue weighted by molar-refractivity contribution is -0.120. The first-order valence-electron chi connectivity index (χ1n) is 7.11. The second-order valence-corrected chi connectivity index (χ2v) is 4.93. The molecule has 0 aliphatic heterocycles. The molecule has 0 unspecified atom stereocenters. The van der Waals surface area contributed by atoms with Crippen molar-refractivity contribution in [2.24, 2.45) is 0 Å². The molecule has 0 spiro atoms. The van der Waals surface area contributed by atoms with Gasteiger partial charge in [-0.05, 0) is 12.0 Å². The molecule has 0 fully saturated rings. The Bertz CT molecular complexity index is 451. The smallest absolute Gasteiger partial charge is 0.217 e. The lowest BCUT2D eigenvalue weighted by Crippen LogP contribution is -2.33. The highest BCUT2D eigenvalue weighted by Gasteiger charge is 2.12. The van der Waals surface area contributed by atoms with Crippen molar-refractivity contribution in [3.63, 3.8) is 0 Å². The summed E-state index contributed by atoms with van der Waals surface area (Å²) >= 11 is 0. The number of amides is 1. The van der Waals surface area contributed by atoms with Gasteiger partial charge in [-0.2, -0.15) is 0 Å². The van der Waals surface area contributed by atoms with Crippen LogP contribution in [0.1, 0.15) is 38.7 Å². The van der Waals surface area contributed by atoms with E-state index in [1.807, 2.05) is 42.5 Å². The number of rotatable bonds is 8. The first kappa shape index (κ1) is 16.2. The number of hydrogen-bond donors (Lipinski definition) is 1. The minimum absolute atomic E-state index is 0.108. The Morgan fingerprint density at radius 2 is 1.95 bits per heavy atom. The van der Waals surface area contributed by atoms with E-state index >= 15 is 0 Å². The van der Waals surface area contributed by atoms with E-state index in [-0.39, 0.29) is 17.7 Å². The fourth-order valence-electron chi connectivity index (χ4n) is 2.00. The molecule has 3 nitrogen and oxygen atoms in total. The van der Waals surface area contributed by atoms with Crippen LogP contribution in [-0.2, 0) is 16.0 Å². The summed E-state index contributed by atoms with van der Waals surface area (Å²) in [5.41, 5.74) is 1.01. The molecule has 0 saturated heterocycles. The zero-order chi connectivity index (χ0) is 14.8. The molecule has 0 aliphatic carbocycles. The number of allylic oxidation sites excluding steroid dienone is 1. The third-order valence-electron chi connectivity index (χ3n) is 2.90. The summed E-state index contributed by atoms with van der Waals surface area (Å²) in [7, 11) is 0. The van der Waals surface area contributed by atoms with Gasteiger partial charge in [0.2, 0.25) is 5.91 Å². The quantitative estimate of drug-likeness (QED) is 0.740. The van der Waals surface area contributed by atoms with Crippen LogP contribution in [0.15, 0.2) is 42.5 Å². The third-order valence-corrected chi connectivity index (χ3v) is 2.90. The van der Waals surface area contributed by atoms with E-state index in [0.717, 1.165) is 18.4 Å². The van der Waals surface area contributed by atoms with Gasteiger partial charge < -0.3 is 5.32 Å². The van der Waals surface area contributed by atoms with E-state index in [4.69, 9.17) is 0 Å². The SMILES string of the molecule is CCC/C=C/[C@@H](CC(=O)Cc1ccccc1)NC(C)=O. The van der Waals surface area contributed by atoms with Crippen molar-refractivity contribution in [1.82, 2.24) is 5.32 Å². The molecule has 1 atom stereocenters. The number of nitrogens with one attached hydrogen (secondary N) is 1. The molecule has 0 bridgehead atoms. The van der Waals surface area contributed by atoms with Crippen LogP contribution in [0.25, 0.3) is 0 Å². The van der Waals surface area contributed by atoms with Crippen LogP contribution < -0.4 is 5.32 Å². The Hall–Kier alpha value is -1.90. The molecule has 3 heteroatoms. The Morgan fingerprint density at radius 1 is 1.25 bits per heavy atom. The average molecular weight is 273 g/mol. The van der Waals surface area contributed by atoms with Gasteiger partial charge in [0, 0.05) is 19.8 Å². The average Bonchev–Trinajstić information content (AvgIpc) is 2.39. The standard InChI is InChI=1S/C17H23NO2/c1-3-4-6-11-16(18-14(2)19)13-17(20)12-15-9-7-5-8-10-15/h5-11,16H,3-4,12-13H2,1-2H3,(H,18,19)/b11-6+/t16-/m0/s1. The second-order valence-electron chi connectivity index (χ2n) is 4.93. The minimum Gasteiger partial charge on any atom is -0.350 e. The summed E-state index contributed by atoms with van der Waals surface area (Å²) in [6.07, 6.45) is 6.72. The van der Waals surface area contributed by atoms with E-state index in [2.05, 4.69) is 12.2 Å². The molecule has 20 heavy (non-hydrogen) atoms. The van der Waals surface area contributed by atoms with Gasteiger partial charge in [-0.3, -0.25) is 9.59 Å². The molecule has 1 amide bonds. The van der Waals surface area contributed by atoms with E-state index in [1.54, 1.807) is 0 Å². The highest BCUT2D eigenvalue weighted by molar-refractivity contribution is 5.82. The van der Waals surface area contributed by atoms with Gasteiger partial charge in [0.25, 0.3) is 0 Å². The molecular formula is C17H23NO2. The van der Waals surface area contributed by atoms with Crippen LogP contribution in [-0.4, -0.2) is 17.7 Å². The molecule has 0 heterocycles. The first-order valence-corrected chi connectivity index (χ1v) is 7.11. The Kier molecular flexibility index (Phi) is 7.33. The maximum absolute atomic E-state index is 12.1. The van der Waals surface area contributed by atoms with Crippen molar-refractivity contribution in [2.75, 3.05) is 0 Å². The van der Waals surface area contributed by atoms with E-state index in [1.165, 1.54) is 6.92 Å². The highest BCUT2D eigenvalue weighted by atomic mass is 16.1. The van der Waals surface area contributed by atoms with Crippen LogP contribution >= 0.6 is 0 Å². The van der Waals surface area contributed by atoms with Crippen molar-refractivity contribution in [2.45, 2.75) is 45.6 Å². The summed E-state index contributed by atoms with van der Waals surface area (Å²) in [6.45, 7) is 3.57. The Labute approximate surface area is 121 Å². The number of ketones is 1. The van der Waals surface area contributed by atoms with Crippen molar-refractivity contribution >= 4 is 11.7 Å². The number of hydrogen-bond acceptors (Lipinski definition) is 2. The summed E-state index contributed by atoms with van der Waals surface area (Å²) in [5, 5.41) is 2.81. The molecule has 1 aromatic rings. The topological polar surface area (TPSA) is 46.2 Å². The maximum Gasteiger partial charge on any atom is 0.217 e. The largest absolute Gasteiger partial charge is 0.350 e. The van der Waals surface area contributed by atoms with Gasteiger partial charge in [0.1, 0.15) is 5.78 Å². The Morgan fingerprint density at radius 3 is 2.55 bits per heavy atom. The van der Waals surface area contributed by atoms with Gasteiger partial charge in [-0.1, -0.05) is 55.8 Å². The van der Waals surface area contributed by atoms with Crippen molar-refractivity contribution in [3.8, 4) is 0 Å². The van der Waals surface area contributed by atoms with Crippen molar-refractivity contribution in [3.05, 3.63) is 48.0 Å². The normalized spacial score (nSPS) is 12.3. The van der Waals surface area contributed by atoms with E-state index in [9.17, 15) is 9.59 Å². The summed E-state index contributed by atoms with van der Waals surface area (Å²) in [6, 6.07) is 9.47. The van der Waals surface area contributed by atoms with Gasteiger partial charge in [0.15, 0.2) is 0 Å². The molecule has 1 N–H and O–H groups in total. The number of carbonyl (C=O) groups is 2. The van der Waals surface area contributed by atoms with Crippen molar-refractivity contribution in [1.29, 1.82) is 0 Å². The zero-order valence-corrected chi connectivity index (χ0v) is 12.3. The van der Waals surface area contributed by atoms with Crippen LogP contribution in [0.3, 0.4) is 0 Å². The second kappa shape index (κ2) is 9.08. The summed E-state index contributed by atoms with van der Waals surface area (Å²) in [5.74, 6) is 0.0276. The maximum atomic E-state index is 12.1. The lowest BCUT2D eigenvalue weighted by atomic mass is 10.0. The molecule has 0 saturated carbocycles. The molecule has 108 valence electrons. The van der Waals surface area contributed by atoms with Crippen molar-refractivity contribution < 1.29 is 9.59 Å². The predicted octanol–water partition coefficient (Wildman–Crippen LogP) is 3.05. The highest BCUT2D eigenvalue weighted by Crippen LogP contribution is 2.05. The lowest BCUT2D eigenvalue weighted by Gasteiger charge is -2.13. The molecule has 0 aromatic heterocycles. The first-order chi connectivity index (χ1) is 9.61. The monoisotopic (exact) mass is 273 g/mol. The summed E-state index contributed by atoms with van der Waals surface area (Å²) < 4.78 is 0. The van der Waals surface area contributed by atoms with Crippen LogP contribution in [0.2, 0.25) is 0 Å². The number of benzene rings is 1. The molecule has 1 rings (SSSR count). The predicted molar refractivity (Wildman–Crippen MR) is 81.4 cm³/mol. The number of Topliss-reactive ketones (excluding diaryl/α,β-unsaturated/α-hetero) is 1. The zero-order valence-electron chi connectivity index (χ0n) is 12.3. The summed E-state index contributed by atoms with van der Waals surface area (Å²) in [4.78, 5) is 23.2. The van der Waals surface area contributed by atoms with Crippen LogP contribution in [0, 0.1) is 0 Å². The fraction of sp³-hybridized carbons (Fsp3) is 0.412. The van der Waals surface area contributed by atoms with Gasteiger partial charge >= 0.3 is 0 Å². The molecule has 0 aliphatic rings. The minimum atomic E-state index is -0.199. The van der Waals surface area contributed by atoms with E-state index in [0.29, 0.717) is 12.8 Å². The van der Waals surface area contributed by atoms with Crippen LogP contribution in [0.5, 0.6) is 0 Å². The Balaban J connectivity index is 2.54. The molecule has 1 aromatic carbocycles.